The number of hydrogen-bond donors (Lipinski definition) is 0. The fourth-order valence-corrected chi connectivity index (χ4v) is 1.85. The summed E-state index contributed by atoms with van der Waals surface area (Å²) in [7, 11) is 1.64. The van der Waals surface area contributed by atoms with Crippen LogP contribution in [0.2, 0.25) is 0 Å². The Hall–Kier alpha value is -1.35. The minimum absolute atomic E-state index is 0.586. The first kappa shape index (κ1) is 10.2. The molecule has 2 heterocycles. The van der Waals surface area contributed by atoms with Crippen molar-refractivity contribution in [2.45, 2.75) is 20.5 Å². The zero-order valence-electron chi connectivity index (χ0n) is 9.33. The van der Waals surface area contributed by atoms with Crippen molar-refractivity contribution in [1.29, 1.82) is 0 Å². The number of hydrogen-bond acceptors (Lipinski definition) is 3. The Balaban J connectivity index is 2.61. The van der Waals surface area contributed by atoms with E-state index in [1.807, 2.05) is 13.8 Å². The van der Waals surface area contributed by atoms with Crippen molar-refractivity contribution in [2.24, 2.45) is 0 Å². The molecule has 0 aromatic carbocycles. The molecule has 0 bridgehead atoms. The van der Waals surface area contributed by atoms with Gasteiger partial charge < -0.3 is 9.47 Å². The predicted molar refractivity (Wildman–Crippen MR) is 58.8 cm³/mol. The SMILES string of the molecule is CC=C1COCc2c1cc(C)nc2OC. The van der Waals surface area contributed by atoms with Gasteiger partial charge >= 0.3 is 0 Å². The van der Waals surface area contributed by atoms with Crippen molar-refractivity contribution in [2.75, 3.05) is 13.7 Å². The molecule has 0 aliphatic carbocycles. The van der Waals surface area contributed by atoms with Crippen LogP contribution in [0.25, 0.3) is 5.57 Å². The number of aryl methyl sites for hydroxylation is 1. The van der Waals surface area contributed by atoms with Gasteiger partial charge in [0.25, 0.3) is 0 Å². The number of fused-ring (bicyclic) bond motifs is 1. The van der Waals surface area contributed by atoms with Crippen LogP contribution in [0.15, 0.2) is 12.1 Å². The van der Waals surface area contributed by atoms with Crippen LogP contribution in [0.4, 0.5) is 0 Å². The van der Waals surface area contributed by atoms with Crippen LogP contribution in [0, 0.1) is 6.92 Å². The van der Waals surface area contributed by atoms with Gasteiger partial charge in [-0.25, -0.2) is 4.98 Å². The van der Waals surface area contributed by atoms with Gasteiger partial charge in [-0.15, -0.1) is 0 Å². The molecule has 0 N–H and O–H groups in total. The van der Waals surface area contributed by atoms with Crippen LogP contribution in [-0.4, -0.2) is 18.7 Å². The Labute approximate surface area is 89.7 Å². The molecule has 3 heteroatoms. The third-order valence-corrected chi connectivity index (χ3v) is 2.61. The van der Waals surface area contributed by atoms with E-state index in [0.717, 1.165) is 11.3 Å². The molecule has 1 aromatic rings. The van der Waals surface area contributed by atoms with Crippen molar-refractivity contribution in [3.8, 4) is 5.88 Å². The Bertz CT molecular complexity index is 410. The van der Waals surface area contributed by atoms with E-state index in [-0.39, 0.29) is 0 Å². The number of pyridine rings is 1. The maximum Gasteiger partial charge on any atom is 0.219 e. The largest absolute Gasteiger partial charge is 0.481 e. The Morgan fingerprint density at radius 1 is 1.47 bits per heavy atom. The van der Waals surface area contributed by atoms with E-state index in [4.69, 9.17) is 9.47 Å². The van der Waals surface area contributed by atoms with E-state index in [0.29, 0.717) is 19.1 Å². The summed E-state index contributed by atoms with van der Waals surface area (Å²) in [5.74, 6) is 0.684. The highest BCUT2D eigenvalue weighted by molar-refractivity contribution is 5.71. The molecule has 0 fully saturated rings. The maximum atomic E-state index is 5.49. The number of ether oxygens (including phenoxy) is 2. The molecular weight excluding hydrogens is 190 g/mol. The van der Waals surface area contributed by atoms with Crippen molar-refractivity contribution in [3.63, 3.8) is 0 Å². The van der Waals surface area contributed by atoms with E-state index in [1.54, 1.807) is 7.11 Å². The molecule has 0 spiro atoms. The zero-order valence-corrected chi connectivity index (χ0v) is 9.33. The second-order valence-electron chi connectivity index (χ2n) is 3.61. The molecule has 1 aliphatic rings. The molecular formula is C12H15NO2. The highest BCUT2D eigenvalue weighted by Crippen LogP contribution is 2.31. The first-order valence-electron chi connectivity index (χ1n) is 5.04. The fourth-order valence-electron chi connectivity index (χ4n) is 1.85. The number of aromatic nitrogens is 1. The smallest absolute Gasteiger partial charge is 0.219 e. The van der Waals surface area contributed by atoms with Crippen LogP contribution < -0.4 is 4.74 Å². The second kappa shape index (κ2) is 4.03. The first-order chi connectivity index (χ1) is 7.26. The van der Waals surface area contributed by atoms with Crippen molar-refractivity contribution >= 4 is 5.57 Å². The molecule has 0 atom stereocenters. The zero-order chi connectivity index (χ0) is 10.8. The van der Waals surface area contributed by atoms with Gasteiger partial charge in [-0.3, -0.25) is 0 Å². The lowest BCUT2D eigenvalue weighted by Crippen LogP contribution is -2.12. The predicted octanol–water partition coefficient (Wildman–Crippen LogP) is 2.33. The molecule has 15 heavy (non-hydrogen) atoms. The second-order valence-corrected chi connectivity index (χ2v) is 3.61. The van der Waals surface area contributed by atoms with Gasteiger partial charge in [0.1, 0.15) is 0 Å². The van der Waals surface area contributed by atoms with Crippen LogP contribution in [0.1, 0.15) is 23.7 Å². The maximum absolute atomic E-state index is 5.49. The summed E-state index contributed by atoms with van der Waals surface area (Å²) in [4.78, 5) is 4.34. The molecule has 80 valence electrons. The lowest BCUT2D eigenvalue weighted by Gasteiger charge is -2.21. The third-order valence-electron chi connectivity index (χ3n) is 2.61. The average molecular weight is 205 g/mol. The lowest BCUT2D eigenvalue weighted by atomic mass is 9.99. The molecule has 2 rings (SSSR count). The van der Waals surface area contributed by atoms with Gasteiger partial charge in [0.05, 0.1) is 20.3 Å². The van der Waals surface area contributed by atoms with E-state index >= 15 is 0 Å². The molecule has 0 saturated heterocycles. The minimum atomic E-state index is 0.586. The van der Waals surface area contributed by atoms with Crippen LogP contribution in [0.5, 0.6) is 5.88 Å². The lowest BCUT2D eigenvalue weighted by molar-refractivity contribution is 0.142. The quantitative estimate of drug-likeness (QED) is 0.705. The molecule has 0 radical (unpaired) electrons. The van der Waals surface area contributed by atoms with E-state index in [2.05, 4.69) is 17.1 Å². The van der Waals surface area contributed by atoms with Crippen molar-refractivity contribution in [3.05, 3.63) is 29.0 Å². The van der Waals surface area contributed by atoms with Crippen LogP contribution >= 0.6 is 0 Å². The molecule has 0 amide bonds. The minimum Gasteiger partial charge on any atom is -0.481 e. The van der Waals surface area contributed by atoms with E-state index in [9.17, 15) is 0 Å². The highest BCUT2D eigenvalue weighted by Gasteiger charge is 2.19. The standard InChI is InChI=1S/C12H15NO2/c1-4-9-6-15-7-11-10(9)5-8(2)13-12(11)14-3/h4-5H,6-7H2,1-3H3. The van der Waals surface area contributed by atoms with Gasteiger partial charge in [0, 0.05) is 11.3 Å². The number of methoxy groups -OCH3 is 1. The molecule has 0 unspecified atom stereocenters. The monoisotopic (exact) mass is 205 g/mol. The first-order valence-corrected chi connectivity index (χ1v) is 5.04. The van der Waals surface area contributed by atoms with Crippen molar-refractivity contribution in [1.82, 2.24) is 4.98 Å². The number of allylic oxidation sites excluding steroid dienone is 1. The van der Waals surface area contributed by atoms with E-state index < -0.39 is 0 Å². The van der Waals surface area contributed by atoms with Crippen LogP contribution in [-0.2, 0) is 11.3 Å². The Morgan fingerprint density at radius 3 is 2.93 bits per heavy atom. The Kier molecular flexibility index (Phi) is 2.73. The summed E-state index contributed by atoms with van der Waals surface area (Å²) >= 11 is 0. The summed E-state index contributed by atoms with van der Waals surface area (Å²) in [6, 6.07) is 2.09. The van der Waals surface area contributed by atoms with Gasteiger partial charge in [0.15, 0.2) is 0 Å². The molecule has 1 aromatic heterocycles. The van der Waals surface area contributed by atoms with Gasteiger partial charge in [-0.2, -0.15) is 0 Å². The molecule has 3 nitrogen and oxygen atoms in total. The summed E-state index contributed by atoms with van der Waals surface area (Å²) in [6.45, 7) is 5.26. The number of nitrogens with zero attached hydrogens (tertiary/aromatic N) is 1. The fraction of sp³-hybridized carbons (Fsp3) is 0.417. The van der Waals surface area contributed by atoms with Gasteiger partial charge in [-0.05, 0) is 31.1 Å². The van der Waals surface area contributed by atoms with Crippen LogP contribution in [0.3, 0.4) is 0 Å². The topological polar surface area (TPSA) is 31.4 Å². The molecule has 0 saturated carbocycles. The van der Waals surface area contributed by atoms with Gasteiger partial charge in [-0.1, -0.05) is 6.08 Å². The summed E-state index contributed by atoms with van der Waals surface area (Å²) < 4.78 is 10.8. The van der Waals surface area contributed by atoms with E-state index in [1.165, 1.54) is 11.1 Å². The normalized spacial score (nSPS) is 17.7. The Morgan fingerprint density at radius 2 is 2.27 bits per heavy atom. The molecule has 1 aliphatic heterocycles. The van der Waals surface area contributed by atoms with Gasteiger partial charge in [0.2, 0.25) is 5.88 Å². The number of rotatable bonds is 1. The highest BCUT2D eigenvalue weighted by atomic mass is 16.5. The third kappa shape index (κ3) is 1.75. The summed E-state index contributed by atoms with van der Waals surface area (Å²) in [5, 5.41) is 0. The average Bonchev–Trinajstić information content (AvgIpc) is 2.27. The summed E-state index contributed by atoms with van der Waals surface area (Å²) in [5.41, 5.74) is 4.46. The summed E-state index contributed by atoms with van der Waals surface area (Å²) in [6.07, 6.45) is 2.08. The van der Waals surface area contributed by atoms with Crippen molar-refractivity contribution < 1.29 is 9.47 Å².